The van der Waals surface area contributed by atoms with Crippen molar-refractivity contribution >= 4 is 27.7 Å². The van der Waals surface area contributed by atoms with Crippen LogP contribution in [0, 0.1) is 17.4 Å². The van der Waals surface area contributed by atoms with Crippen molar-refractivity contribution in [2.75, 3.05) is 14.1 Å². The molecule has 6 nitrogen and oxygen atoms in total. The Bertz CT molecular complexity index is 612. The van der Waals surface area contributed by atoms with Gasteiger partial charge >= 0.3 is 0 Å². The molecule has 0 unspecified atom stereocenters. The van der Waals surface area contributed by atoms with Crippen LogP contribution in [0.15, 0.2) is 28.7 Å². The van der Waals surface area contributed by atoms with Crippen LogP contribution in [-0.2, 0) is 4.79 Å². The van der Waals surface area contributed by atoms with Gasteiger partial charge < -0.3 is 5.32 Å². The van der Waals surface area contributed by atoms with E-state index in [4.69, 9.17) is 5.26 Å². The van der Waals surface area contributed by atoms with Crippen LogP contribution in [-0.4, -0.2) is 42.0 Å². The number of halogens is 1. The van der Waals surface area contributed by atoms with E-state index in [2.05, 4.69) is 21.2 Å². The zero-order chi connectivity index (χ0) is 17.6. The number of nitrogens with zero attached hydrogens (tertiary/aromatic N) is 3. The number of likely N-dealkylation sites (N-methyl/N-ethyl adjacent to an activating group) is 1. The molecule has 0 radical (unpaired) electrons. The number of hydrogen-bond donors (Lipinski definition) is 1. The Hall–Kier alpha value is -2.07. The van der Waals surface area contributed by atoms with Crippen LogP contribution >= 0.6 is 15.9 Å². The summed E-state index contributed by atoms with van der Waals surface area (Å²) in [6.45, 7) is 3.94. The van der Waals surface area contributed by atoms with Crippen molar-refractivity contribution in [3.05, 3.63) is 34.3 Å². The van der Waals surface area contributed by atoms with E-state index < -0.39 is 6.04 Å². The maximum atomic E-state index is 12.5. The minimum Gasteiger partial charge on any atom is -0.340 e. The summed E-state index contributed by atoms with van der Waals surface area (Å²) < 4.78 is 0.790. The van der Waals surface area contributed by atoms with Crippen molar-refractivity contribution in [2.45, 2.75) is 26.3 Å². The monoisotopic (exact) mass is 380 g/mol. The first-order valence-electron chi connectivity index (χ1n) is 7.23. The molecule has 0 aliphatic carbocycles. The number of rotatable bonds is 6. The fourth-order valence-corrected chi connectivity index (χ4v) is 2.40. The van der Waals surface area contributed by atoms with Crippen molar-refractivity contribution in [3.63, 3.8) is 0 Å². The van der Waals surface area contributed by atoms with Crippen LogP contribution in [0.4, 0.5) is 0 Å². The standard InChI is InChI=1S/C16H21BrN4O2/c1-11(2)8-14(16(23)21(4)20(3)10-18)19-15(22)12-6-5-7-13(17)9-12/h5-7,9,11,14H,8H2,1-4H3,(H,19,22)/t14-/m0/s1. The Morgan fingerprint density at radius 2 is 2.00 bits per heavy atom. The SMILES string of the molecule is CC(C)C[C@H](NC(=O)c1cccc(Br)c1)C(=O)N(C)N(C)C#N. The van der Waals surface area contributed by atoms with Crippen LogP contribution < -0.4 is 5.32 Å². The molecule has 23 heavy (non-hydrogen) atoms. The van der Waals surface area contributed by atoms with Gasteiger partial charge in [0.1, 0.15) is 6.04 Å². The Morgan fingerprint density at radius 1 is 1.35 bits per heavy atom. The molecule has 2 amide bonds. The van der Waals surface area contributed by atoms with Gasteiger partial charge in [0, 0.05) is 24.1 Å². The van der Waals surface area contributed by atoms with Crippen molar-refractivity contribution < 1.29 is 9.59 Å². The molecule has 1 aromatic rings. The second kappa shape index (κ2) is 8.53. The van der Waals surface area contributed by atoms with Gasteiger partial charge in [-0.1, -0.05) is 35.8 Å². The van der Waals surface area contributed by atoms with E-state index >= 15 is 0 Å². The van der Waals surface area contributed by atoms with Crippen molar-refractivity contribution in [3.8, 4) is 6.19 Å². The van der Waals surface area contributed by atoms with E-state index in [1.54, 1.807) is 18.2 Å². The molecule has 124 valence electrons. The molecule has 0 fully saturated rings. The molecular weight excluding hydrogens is 360 g/mol. The fraction of sp³-hybridized carbons (Fsp3) is 0.438. The minimum absolute atomic E-state index is 0.215. The highest BCUT2D eigenvalue weighted by atomic mass is 79.9. The summed E-state index contributed by atoms with van der Waals surface area (Å²) in [5, 5.41) is 14.0. The predicted octanol–water partition coefficient (Wildman–Crippen LogP) is 2.38. The van der Waals surface area contributed by atoms with Gasteiger partial charge in [-0.05, 0) is 30.5 Å². The van der Waals surface area contributed by atoms with E-state index in [1.807, 2.05) is 26.1 Å². The van der Waals surface area contributed by atoms with Crippen LogP contribution in [0.25, 0.3) is 0 Å². The number of hydrogen-bond acceptors (Lipinski definition) is 4. The van der Waals surface area contributed by atoms with Gasteiger partial charge in [0.25, 0.3) is 11.8 Å². The molecule has 0 saturated heterocycles. The lowest BCUT2D eigenvalue weighted by Gasteiger charge is -2.28. The van der Waals surface area contributed by atoms with E-state index in [-0.39, 0.29) is 17.7 Å². The summed E-state index contributed by atoms with van der Waals surface area (Å²) in [5.74, 6) is -0.433. The molecule has 1 rings (SSSR count). The van der Waals surface area contributed by atoms with Gasteiger partial charge in [-0.15, -0.1) is 0 Å². The number of benzene rings is 1. The summed E-state index contributed by atoms with van der Waals surface area (Å²) in [4.78, 5) is 24.9. The maximum Gasteiger partial charge on any atom is 0.263 e. The quantitative estimate of drug-likeness (QED) is 0.466. The first-order valence-corrected chi connectivity index (χ1v) is 8.03. The number of carbonyl (C=O) groups excluding carboxylic acids is 2. The van der Waals surface area contributed by atoms with E-state index in [0.29, 0.717) is 12.0 Å². The van der Waals surface area contributed by atoms with Gasteiger partial charge in [0.05, 0.1) is 0 Å². The number of nitriles is 1. The Kier molecular flexibility index (Phi) is 7.04. The first kappa shape index (κ1) is 19.0. The fourth-order valence-electron chi connectivity index (χ4n) is 2.00. The smallest absolute Gasteiger partial charge is 0.263 e. The van der Waals surface area contributed by atoms with Crippen LogP contribution in [0.1, 0.15) is 30.6 Å². The second-order valence-electron chi connectivity index (χ2n) is 5.65. The third kappa shape index (κ3) is 5.57. The van der Waals surface area contributed by atoms with Crippen molar-refractivity contribution in [1.82, 2.24) is 15.3 Å². The van der Waals surface area contributed by atoms with E-state index in [9.17, 15) is 9.59 Å². The van der Waals surface area contributed by atoms with Crippen molar-refractivity contribution in [2.24, 2.45) is 5.92 Å². The maximum absolute atomic E-state index is 12.5. The molecule has 1 N–H and O–H groups in total. The molecule has 1 aromatic carbocycles. The van der Waals surface area contributed by atoms with E-state index in [1.165, 1.54) is 19.1 Å². The van der Waals surface area contributed by atoms with Gasteiger partial charge in [-0.3, -0.25) is 9.59 Å². The summed E-state index contributed by atoms with van der Waals surface area (Å²) in [5.41, 5.74) is 0.470. The highest BCUT2D eigenvalue weighted by Gasteiger charge is 2.27. The highest BCUT2D eigenvalue weighted by molar-refractivity contribution is 9.10. The second-order valence-corrected chi connectivity index (χ2v) is 6.57. The van der Waals surface area contributed by atoms with Gasteiger partial charge in [-0.25, -0.2) is 10.0 Å². The lowest BCUT2D eigenvalue weighted by molar-refractivity contribution is -0.142. The molecule has 0 saturated carbocycles. The lowest BCUT2D eigenvalue weighted by atomic mass is 10.0. The minimum atomic E-state index is -0.692. The number of carbonyl (C=O) groups is 2. The van der Waals surface area contributed by atoms with Gasteiger partial charge in [0.15, 0.2) is 6.19 Å². The van der Waals surface area contributed by atoms with Crippen LogP contribution in [0.2, 0.25) is 0 Å². The Labute approximate surface area is 145 Å². The molecule has 7 heteroatoms. The number of hydrazine groups is 1. The predicted molar refractivity (Wildman–Crippen MR) is 91.0 cm³/mol. The lowest BCUT2D eigenvalue weighted by Crippen LogP contribution is -2.51. The molecule has 0 heterocycles. The molecule has 0 bridgehead atoms. The molecule has 0 aromatic heterocycles. The Balaban J connectivity index is 2.92. The molecule has 0 aliphatic heterocycles. The molecule has 0 aliphatic rings. The molecular formula is C16H21BrN4O2. The summed E-state index contributed by atoms with van der Waals surface area (Å²) in [7, 11) is 2.99. The average Bonchev–Trinajstić information content (AvgIpc) is 2.51. The number of nitrogens with one attached hydrogen (secondary N) is 1. The Morgan fingerprint density at radius 3 is 2.52 bits per heavy atom. The van der Waals surface area contributed by atoms with Crippen molar-refractivity contribution in [1.29, 1.82) is 5.26 Å². The molecule has 1 atom stereocenters. The topological polar surface area (TPSA) is 76.4 Å². The third-order valence-electron chi connectivity index (χ3n) is 3.31. The zero-order valence-corrected chi connectivity index (χ0v) is 15.3. The normalized spacial score (nSPS) is 11.5. The van der Waals surface area contributed by atoms with Crippen LogP contribution in [0.5, 0.6) is 0 Å². The highest BCUT2D eigenvalue weighted by Crippen LogP contribution is 2.13. The average molecular weight is 381 g/mol. The van der Waals surface area contributed by atoms with Gasteiger partial charge in [-0.2, -0.15) is 5.26 Å². The zero-order valence-electron chi connectivity index (χ0n) is 13.7. The summed E-state index contributed by atoms with van der Waals surface area (Å²) in [6.07, 6.45) is 2.35. The summed E-state index contributed by atoms with van der Waals surface area (Å²) in [6, 6.07) is 6.26. The first-order chi connectivity index (χ1) is 10.8. The largest absolute Gasteiger partial charge is 0.340 e. The van der Waals surface area contributed by atoms with Gasteiger partial charge in [0.2, 0.25) is 0 Å². The molecule has 0 spiro atoms. The van der Waals surface area contributed by atoms with E-state index in [0.717, 1.165) is 9.48 Å². The number of amides is 2. The summed E-state index contributed by atoms with van der Waals surface area (Å²) >= 11 is 3.32. The van der Waals surface area contributed by atoms with Crippen LogP contribution in [0.3, 0.4) is 0 Å². The third-order valence-corrected chi connectivity index (χ3v) is 3.80.